The van der Waals surface area contributed by atoms with Crippen LogP contribution >= 0.6 is 11.3 Å². The van der Waals surface area contributed by atoms with E-state index in [9.17, 15) is 19.5 Å². The van der Waals surface area contributed by atoms with Gasteiger partial charge in [0.15, 0.2) is 33.8 Å². The molecule has 0 radical (unpaired) electrons. The molecule has 3 heterocycles. The number of carbonyl (C=O) groups excluding carboxylic acids is 3. The number of methoxy groups -OCH3 is 1. The van der Waals surface area contributed by atoms with Crippen LogP contribution in [0.15, 0.2) is 64.3 Å². The van der Waals surface area contributed by atoms with Crippen molar-refractivity contribution in [2.45, 2.75) is 40.2 Å². The number of aryl methyl sites for hydroxylation is 1. The molecule has 9 nitrogen and oxygen atoms in total. The van der Waals surface area contributed by atoms with E-state index in [0.717, 1.165) is 17.8 Å². The zero-order valence-corrected chi connectivity index (χ0v) is 24.2. The Morgan fingerprint density at radius 2 is 1.93 bits per heavy atom. The highest BCUT2D eigenvalue weighted by Crippen LogP contribution is 2.45. The second-order valence-corrected chi connectivity index (χ2v) is 11.2. The Balaban J connectivity index is 1.62. The van der Waals surface area contributed by atoms with Gasteiger partial charge in [0.1, 0.15) is 5.75 Å². The average molecular weight is 575 g/mol. The molecule has 1 aliphatic heterocycles. The third-order valence-corrected chi connectivity index (χ3v) is 8.11. The van der Waals surface area contributed by atoms with E-state index in [2.05, 4.69) is 18.8 Å². The average Bonchev–Trinajstić information content (AvgIpc) is 3.62. The number of para-hydroxylation sites is 1. The molecule has 4 aromatic rings. The van der Waals surface area contributed by atoms with Gasteiger partial charge < -0.3 is 19.0 Å². The molecule has 1 N–H and O–H groups in total. The Morgan fingerprint density at radius 3 is 2.61 bits per heavy atom. The summed E-state index contributed by atoms with van der Waals surface area (Å²) in [5.74, 6) is -0.972. The molecule has 41 heavy (non-hydrogen) atoms. The lowest BCUT2D eigenvalue weighted by Gasteiger charge is -2.24. The second-order valence-electron chi connectivity index (χ2n) is 10.2. The molecule has 1 atom stereocenters. The number of furan rings is 1. The Morgan fingerprint density at radius 1 is 1.17 bits per heavy atom. The van der Waals surface area contributed by atoms with Gasteiger partial charge in [0.25, 0.3) is 5.91 Å². The number of rotatable bonds is 10. The van der Waals surface area contributed by atoms with E-state index in [4.69, 9.17) is 13.9 Å². The number of aliphatic hydroxyl groups is 1. The minimum Gasteiger partial charge on any atom is -0.503 e. The summed E-state index contributed by atoms with van der Waals surface area (Å²) in [6, 6.07) is 12.8. The quantitative estimate of drug-likeness (QED) is 0.210. The number of anilines is 1. The highest BCUT2D eigenvalue weighted by Gasteiger charge is 2.47. The first-order valence-corrected chi connectivity index (χ1v) is 14.0. The van der Waals surface area contributed by atoms with Crippen molar-refractivity contribution in [2.24, 2.45) is 5.92 Å². The van der Waals surface area contributed by atoms with Crippen LogP contribution < -0.4 is 14.4 Å². The van der Waals surface area contributed by atoms with Gasteiger partial charge in [0.05, 0.1) is 35.9 Å². The highest BCUT2D eigenvalue weighted by molar-refractivity contribution is 7.17. The van der Waals surface area contributed by atoms with E-state index in [-0.39, 0.29) is 22.2 Å². The molecule has 2 aromatic carbocycles. The number of nitrogens with zero attached hydrogens (tertiary/aromatic N) is 2. The zero-order chi connectivity index (χ0) is 29.4. The molecule has 1 aliphatic rings. The normalized spacial score (nSPS) is 15.3. The van der Waals surface area contributed by atoms with E-state index < -0.39 is 23.5 Å². The maximum Gasteiger partial charge on any atom is 0.296 e. The van der Waals surface area contributed by atoms with Gasteiger partial charge in [-0.05, 0) is 49.1 Å². The van der Waals surface area contributed by atoms with E-state index in [0.29, 0.717) is 51.1 Å². The number of amides is 1. The molecule has 0 bridgehead atoms. The Kier molecular flexibility index (Phi) is 7.68. The maximum atomic E-state index is 14.0. The zero-order valence-electron chi connectivity index (χ0n) is 23.4. The molecule has 1 amide bonds. The number of aliphatic hydroxyl groups excluding tert-OH is 1. The molecule has 2 aromatic heterocycles. The number of benzene rings is 2. The third-order valence-electron chi connectivity index (χ3n) is 6.85. The maximum absolute atomic E-state index is 14.0. The topological polar surface area (TPSA) is 119 Å². The summed E-state index contributed by atoms with van der Waals surface area (Å²) in [5.41, 5.74) is 1.19. The lowest BCUT2D eigenvalue weighted by atomic mass is 9.95. The number of Topliss-reactive ketones (excluding diaryl/α,β-unsaturated/α-hetero) is 2. The summed E-state index contributed by atoms with van der Waals surface area (Å²) in [5, 5.41) is 12.0. The van der Waals surface area contributed by atoms with Crippen LogP contribution in [0.25, 0.3) is 11.0 Å². The van der Waals surface area contributed by atoms with Crippen molar-refractivity contribution in [3.63, 3.8) is 0 Å². The number of hydrogen-bond donors (Lipinski definition) is 1. The van der Waals surface area contributed by atoms with Crippen LogP contribution in [0.4, 0.5) is 5.13 Å². The first kappa shape index (κ1) is 28.1. The Bertz CT molecular complexity index is 1700. The van der Waals surface area contributed by atoms with Crippen LogP contribution in [0.5, 0.6) is 11.5 Å². The minimum absolute atomic E-state index is 0.0604. The summed E-state index contributed by atoms with van der Waals surface area (Å²) >= 11 is 1.03. The summed E-state index contributed by atoms with van der Waals surface area (Å²) in [4.78, 5) is 45.9. The lowest BCUT2D eigenvalue weighted by Crippen LogP contribution is -2.31. The van der Waals surface area contributed by atoms with Crippen molar-refractivity contribution < 1.29 is 33.4 Å². The van der Waals surface area contributed by atoms with Crippen molar-refractivity contribution in [1.82, 2.24) is 4.98 Å². The summed E-state index contributed by atoms with van der Waals surface area (Å²) in [6.45, 7) is 7.80. The molecule has 1 unspecified atom stereocenters. The predicted molar refractivity (Wildman–Crippen MR) is 155 cm³/mol. The minimum atomic E-state index is -1.05. The number of fused-ring (bicyclic) bond motifs is 1. The highest BCUT2D eigenvalue weighted by atomic mass is 32.1. The molecule has 0 aliphatic carbocycles. The number of ketones is 2. The number of hydrogen-bond acceptors (Lipinski definition) is 9. The number of thiazole rings is 1. The number of aromatic nitrogens is 1. The SMILES string of the molecule is COc1cccc2cc(C(=O)C3=C(O)C(=O)N(c4nc(C)c(C(C)=O)s4)C3c3cccc(OCCC(C)C)c3)oc12. The molecule has 10 heteroatoms. The van der Waals surface area contributed by atoms with Crippen LogP contribution in [-0.4, -0.2) is 41.3 Å². The van der Waals surface area contributed by atoms with Crippen LogP contribution in [0.3, 0.4) is 0 Å². The standard InChI is InChI=1S/C31H30N2O7S/c1-16(2)12-13-39-21-10-6-8-19(14-21)25-24(26(35)23-15-20-9-7-11-22(38-5)28(20)40-23)27(36)30(37)33(25)31-32-17(3)29(41-31)18(4)34/h6-11,14-16,25,36H,12-13H2,1-5H3. The fourth-order valence-electron chi connectivity index (χ4n) is 4.79. The van der Waals surface area contributed by atoms with Crippen molar-refractivity contribution >= 4 is 44.9 Å². The predicted octanol–water partition coefficient (Wildman–Crippen LogP) is 6.62. The van der Waals surface area contributed by atoms with Gasteiger partial charge in [-0.1, -0.05) is 49.4 Å². The molecule has 0 saturated heterocycles. The van der Waals surface area contributed by atoms with Crippen LogP contribution in [0.1, 0.15) is 64.7 Å². The van der Waals surface area contributed by atoms with Gasteiger partial charge in [-0.15, -0.1) is 0 Å². The third kappa shape index (κ3) is 5.22. The first-order chi connectivity index (χ1) is 19.6. The van der Waals surface area contributed by atoms with Crippen molar-refractivity contribution in [1.29, 1.82) is 0 Å². The molecule has 5 rings (SSSR count). The van der Waals surface area contributed by atoms with E-state index >= 15 is 0 Å². The number of carbonyl (C=O) groups is 3. The Labute approximate surface area is 241 Å². The molecule has 0 fully saturated rings. The van der Waals surface area contributed by atoms with E-state index in [1.54, 1.807) is 55.5 Å². The summed E-state index contributed by atoms with van der Waals surface area (Å²) < 4.78 is 17.2. The lowest BCUT2D eigenvalue weighted by molar-refractivity contribution is -0.117. The molecule has 0 saturated carbocycles. The largest absolute Gasteiger partial charge is 0.503 e. The van der Waals surface area contributed by atoms with Gasteiger partial charge in [0, 0.05) is 12.3 Å². The van der Waals surface area contributed by atoms with Gasteiger partial charge >= 0.3 is 0 Å². The first-order valence-electron chi connectivity index (χ1n) is 13.2. The van der Waals surface area contributed by atoms with Gasteiger partial charge in [-0.25, -0.2) is 4.98 Å². The van der Waals surface area contributed by atoms with Crippen molar-refractivity contribution in [2.75, 3.05) is 18.6 Å². The van der Waals surface area contributed by atoms with Crippen LogP contribution in [-0.2, 0) is 4.79 Å². The van der Waals surface area contributed by atoms with Crippen molar-refractivity contribution in [3.8, 4) is 11.5 Å². The molecular weight excluding hydrogens is 544 g/mol. The van der Waals surface area contributed by atoms with Crippen LogP contribution in [0, 0.1) is 12.8 Å². The fourth-order valence-corrected chi connectivity index (χ4v) is 5.78. The van der Waals surface area contributed by atoms with Gasteiger partial charge in [0.2, 0.25) is 5.78 Å². The molecular formula is C31H30N2O7S. The number of ether oxygens (including phenoxy) is 2. The van der Waals surface area contributed by atoms with Crippen LogP contribution in [0.2, 0.25) is 0 Å². The summed E-state index contributed by atoms with van der Waals surface area (Å²) in [6.07, 6.45) is 0.852. The van der Waals surface area contributed by atoms with E-state index in [1.165, 1.54) is 18.9 Å². The second kappa shape index (κ2) is 11.2. The van der Waals surface area contributed by atoms with Crippen molar-refractivity contribution in [3.05, 3.63) is 81.8 Å². The summed E-state index contributed by atoms with van der Waals surface area (Å²) in [7, 11) is 1.50. The smallest absolute Gasteiger partial charge is 0.296 e. The molecule has 212 valence electrons. The molecule has 0 spiro atoms. The van der Waals surface area contributed by atoms with Gasteiger partial charge in [-0.2, -0.15) is 0 Å². The monoisotopic (exact) mass is 574 g/mol. The van der Waals surface area contributed by atoms with E-state index in [1.807, 2.05) is 0 Å². The van der Waals surface area contributed by atoms with Gasteiger partial charge in [-0.3, -0.25) is 19.3 Å². The fraction of sp³-hybridized carbons (Fsp3) is 0.290. The Hall–Kier alpha value is -4.44.